The molecule has 1 aromatic rings. The number of methoxy groups -OCH3 is 1. The van der Waals surface area contributed by atoms with Crippen molar-refractivity contribution < 1.29 is 4.74 Å². The average Bonchev–Trinajstić information content (AvgIpc) is 2.16. The molecule has 0 aliphatic heterocycles. The average molecular weight is 207 g/mol. The molecule has 1 N–H and O–H groups in total. The van der Waals surface area contributed by atoms with Gasteiger partial charge in [-0.2, -0.15) is 0 Å². The molecule has 84 valence electrons. The van der Waals surface area contributed by atoms with E-state index < -0.39 is 0 Å². The molecule has 0 spiro atoms. The Labute approximate surface area is 92.6 Å². The maximum atomic E-state index is 5.45. The van der Waals surface area contributed by atoms with E-state index in [1.165, 1.54) is 16.7 Å². The maximum Gasteiger partial charge on any atom is 0.122 e. The van der Waals surface area contributed by atoms with E-state index in [1.54, 1.807) is 7.11 Å². The van der Waals surface area contributed by atoms with Gasteiger partial charge in [-0.3, -0.25) is 0 Å². The Hall–Kier alpha value is -1.02. The Morgan fingerprint density at radius 1 is 1.33 bits per heavy atom. The van der Waals surface area contributed by atoms with Crippen LogP contribution in [0.1, 0.15) is 29.5 Å². The third-order valence-electron chi connectivity index (χ3n) is 2.72. The molecule has 1 unspecified atom stereocenters. The summed E-state index contributed by atoms with van der Waals surface area (Å²) in [5.74, 6) is 1.49. The number of rotatable bonds is 4. The summed E-state index contributed by atoms with van der Waals surface area (Å²) in [6.07, 6.45) is 0. The van der Waals surface area contributed by atoms with E-state index in [2.05, 4.69) is 38.2 Å². The molecule has 2 heteroatoms. The third-order valence-corrected chi connectivity index (χ3v) is 2.72. The van der Waals surface area contributed by atoms with Crippen molar-refractivity contribution >= 4 is 0 Å². The van der Waals surface area contributed by atoms with Crippen molar-refractivity contribution in [2.24, 2.45) is 0 Å². The fraction of sp³-hybridized carbons (Fsp3) is 0.538. The van der Waals surface area contributed by atoms with Crippen molar-refractivity contribution in [1.29, 1.82) is 0 Å². The van der Waals surface area contributed by atoms with Gasteiger partial charge < -0.3 is 10.1 Å². The van der Waals surface area contributed by atoms with Crippen LogP contribution in [0.25, 0.3) is 0 Å². The third kappa shape index (κ3) is 2.72. The smallest absolute Gasteiger partial charge is 0.122 e. The first-order valence-corrected chi connectivity index (χ1v) is 5.39. The van der Waals surface area contributed by atoms with Crippen LogP contribution in [0.4, 0.5) is 0 Å². The Morgan fingerprint density at radius 2 is 2.00 bits per heavy atom. The van der Waals surface area contributed by atoms with Crippen molar-refractivity contribution in [3.05, 3.63) is 28.8 Å². The highest BCUT2D eigenvalue weighted by Crippen LogP contribution is 2.30. The van der Waals surface area contributed by atoms with Gasteiger partial charge in [-0.15, -0.1) is 0 Å². The van der Waals surface area contributed by atoms with Crippen LogP contribution in [0.3, 0.4) is 0 Å². The number of hydrogen-bond acceptors (Lipinski definition) is 2. The van der Waals surface area contributed by atoms with Gasteiger partial charge in [-0.05, 0) is 44.0 Å². The normalized spacial score (nSPS) is 12.6. The molecule has 0 bridgehead atoms. The lowest BCUT2D eigenvalue weighted by Crippen LogP contribution is -2.16. The Kier molecular flexibility index (Phi) is 4.15. The van der Waals surface area contributed by atoms with E-state index in [4.69, 9.17) is 4.74 Å². The topological polar surface area (TPSA) is 21.3 Å². The van der Waals surface area contributed by atoms with Crippen LogP contribution in [0.5, 0.6) is 5.75 Å². The van der Waals surface area contributed by atoms with Crippen molar-refractivity contribution in [3.8, 4) is 5.75 Å². The van der Waals surface area contributed by atoms with Crippen molar-refractivity contribution in [1.82, 2.24) is 5.32 Å². The molecule has 0 heterocycles. The fourth-order valence-corrected chi connectivity index (χ4v) is 2.15. The molecule has 1 aromatic carbocycles. The minimum atomic E-state index is 0.477. The van der Waals surface area contributed by atoms with Gasteiger partial charge in [0.05, 0.1) is 7.11 Å². The molecular formula is C13H21NO. The van der Waals surface area contributed by atoms with Crippen LogP contribution in [0, 0.1) is 13.8 Å². The van der Waals surface area contributed by atoms with Crippen molar-refractivity contribution in [2.45, 2.75) is 26.7 Å². The molecule has 0 aliphatic rings. The molecule has 1 atom stereocenters. The summed E-state index contributed by atoms with van der Waals surface area (Å²) >= 11 is 0. The molecule has 2 nitrogen and oxygen atoms in total. The minimum Gasteiger partial charge on any atom is -0.496 e. The molecule has 1 rings (SSSR count). The fourth-order valence-electron chi connectivity index (χ4n) is 2.15. The van der Waals surface area contributed by atoms with Crippen molar-refractivity contribution in [2.75, 3.05) is 20.7 Å². The molecule has 0 radical (unpaired) electrons. The Bertz CT molecular complexity index is 334. The van der Waals surface area contributed by atoms with E-state index in [0.717, 1.165) is 12.3 Å². The van der Waals surface area contributed by atoms with Gasteiger partial charge in [-0.25, -0.2) is 0 Å². The lowest BCUT2D eigenvalue weighted by molar-refractivity contribution is 0.405. The molecule has 0 saturated heterocycles. The lowest BCUT2D eigenvalue weighted by atomic mass is 9.93. The highest BCUT2D eigenvalue weighted by Gasteiger charge is 2.13. The number of nitrogens with one attached hydrogen (secondary N) is 1. The summed E-state index contributed by atoms with van der Waals surface area (Å²) < 4.78 is 5.45. The Morgan fingerprint density at radius 3 is 2.53 bits per heavy atom. The summed E-state index contributed by atoms with van der Waals surface area (Å²) in [6.45, 7) is 7.44. The molecule has 0 saturated carbocycles. The van der Waals surface area contributed by atoms with Gasteiger partial charge in [0, 0.05) is 12.1 Å². The van der Waals surface area contributed by atoms with E-state index in [9.17, 15) is 0 Å². The van der Waals surface area contributed by atoms with E-state index >= 15 is 0 Å². The SMILES string of the molecule is CNCC(C)c1c(C)cc(C)cc1OC. The monoisotopic (exact) mass is 207 g/mol. The number of aryl methyl sites for hydroxylation is 2. The molecule has 15 heavy (non-hydrogen) atoms. The molecule has 0 amide bonds. The summed E-state index contributed by atoms with van der Waals surface area (Å²) in [7, 11) is 3.72. The molecule has 0 aromatic heterocycles. The quantitative estimate of drug-likeness (QED) is 0.819. The summed E-state index contributed by atoms with van der Waals surface area (Å²) in [6, 6.07) is 4.32. The molecule has 0 fully saturated rings. The zero-order valence-corrected chi connectivity index (χ0v) is 10.3. The van der Waals surface area contributed by atoms with Crippen molar-refractivity contribution in [3.63, 3.8) is 0 Å². The van der Waals surface area contributed by atoms with Gasteiger partial charge in [0.25, 0.3) is 0 Å². The van der Waals surface area contributed by atoms with Crippen LogP contribution in [0.2, 0.25) is 0 Å². The number of likely N-dealkylation sites (N-methyl/N-ethyl adjacent to an activating group) is 1. The first-order valence-electron chi connectivity index (χ1n) is 5.39. The minimum absolute atomic E-state index is 0.477. The lowest BCUT2D eigenvalue weighted by Gasteiger charge is -2.18. The predicted octanol–water partition coefficient (Wildman–Crippen LogP) is 2.63. The van der Waals surface area contributed by atoms with Gasteiger partial charge in [0.1, 0.15) is 5.75 Å². The first-order chi connectivity index (χ1) is 7.10. The second-order valence-corrected chi connectivity index (χ2v) is 4.16. The maximum absolute atomic E-state index is 5.45. The zero-order chi connectivity index (χ0) is 11.4. The van der Waals surface area contributed by atoms with Gasteiger partial charge in [-0.1, -0.05) is 13.0 Å². The summed E-state index contributed by atoms with van der Waals surface area (Å²) in [5.41, 5.74) is 3.89. The van der Waals surface area contributed by atoms with E-state index in [0.29, 0.717) is 5.92 Å². The summed E-state index contributed by atoms with van der Waals surface area (Å²) in [4.78, 5) is 0. The Balaban J connectivity index is 3.14. The largest absolute Gasteiger partial charge is 0.496 e. The van der Waals surface area contributed by atoms with E-state index in [-0.39, 0.29) is 0 Å². The highest BCUT2D eigenvalue weighted by molar-refractivity contribution is 5.45. The second kappa shape index (κ2) is 5.17. The number of hydrogen-bond donors (Lipinski definition) is 1. The zero-order valence-electron chi connectivity index (χ0n) is 10.3. The first kappa shape index (κ1) is 12.1. The standard InChI is InChI=1S/C13H21NO/c1-9-6-10(2)13(11(3)8-14-4)12(7-9)15-5/h6-7,11,14H,8H2,1-5H3. The second-order valence-electron chi connectivity index (χ2n) is 4.16. The molecule has 0 aliphatic carbocycles. The van der Waals surface area contributed by atoms with E-state index in [1.807, 2.05) is 7.05 Å². The van der Waals surface area contributed by atoms with Gasteiger partial charge in [0.15, 0.2) is 0 Å². The van der Waals surface area contributed by atoms with Gasteiger partial charge >= 0.3 is 0 Å². The van der Waals surface area contributed by atoms with Crippen LogP contribution in [-0.2, 0) is 0 Å². The van der Waals surface area contributed by atoms with Crippen LogP contribution < -0.4 is 10.1 Å². The number of ether oxygens (including phenoxy) is 1. The van der Waals surface area contributed by atoms with Crippen LogP contribution >= 0.6 is 0 Å². The number of benzene rings is 1. The summed E-state index contributed by atoms with van der Waals surface area (Å²) in [5, 5.41) is 3.20. The van der Waals surface area contributed by atoms with Crippen LogP contribution in [-0.4, -0.2) is 20.7 Å². The van der Waals surface area contributed by atoms with Gasteiger partial charge in [0.2, 0.25) is 0 Å². The molecular weight excluding hydrogens is 186 g/mol. The van der Waals surface area contributed by atoms with Crippen LogP contribution in [0.15, 0.2) is 12.1 Å². The highest BCUT2D eigenvalue weighted by atomic mass is 16.5. The predicted molar refractivity (Wildman–Crippen MR) is 64.8 cm³/mol.